The summed E-state index contributed by atoms with van der Waals surface area (Å²) < 4.78 is 11.6. The Morgan fingerprint density at radius 3 is 1.81 bits per heavy atom. The Labute approximate surface area is 251 Å². The summed E-state index contributed by atoms with van der Waals surface area (Å²) in [7, 11) is 1.34. The molecule has 6 nitrogen and oxygen atoms in total. The largest absolute Gasteiger partial charge is 0.481 e. The van der Waals surface area contributed by atoms with Gasteiger partial charge in [-0.05, 0) is 58.0 Å². The van der Waals surface area contributed by atoms with E-state index in [4.69, 9.17) is 9.47 Å². The predicted molar refractivity (Wildman–Crippen MR) is 166 cm³/mol. The molecular formula is C37H34O6. The van der Waals surface area contributed by atoms with Gasteiger partial charge in [0.15, 0.2) is 0 Å². The molecule has 0 saturated heterocycles. The zero-order valence-corrected chi connectivity index (χ0v) is 23.9. The number of rotatable bonds is 12. The number of aliphatic hydroxyl groups excluding tert-OH is 1. The highest BCUT2D eigenvalue weighted by molar-refractivity contribution is 5.96. The van der Waals surface area contributed by atoms with Crippen molar-refractivity contribution in [3.8, 4) is 0 Å². The van der Waals surface area contributed by atoms with Crippen LogP contribution in [-0.4, -0.2) is 42.0 Å². The van der Waals surface area contributed by atoms with Gasteiger partial charge in [0.25, 0.3) is 0 Å². The fraction of sp³-hybridized carbons (Fsp3) is 0.189. The number of ether oxygens (including phenoxy) is 2. The molecule has 0 aliphatic rings. The standard InChI is InChI=1S/C37H34O6/c1-42-36(41)28-21-20-26-12-11-13-27(32(26)24-28)22-23-34(38)33(35(39)40)25-43-37(29-14-5-2-6-15-29,30-16-7-3-8-17-30)31-18-9-4-10-19-31/h2-21,24,33-34,38H,22-23,25H2,1H3,(H,39,40)/t33-,34+/m1/s1. The van der Waals surface area contributed by atoms with Gasteiger partial charge < -0.3 is 19.7 Å². The molecule has 43 heavy (non-hydrogen) atoms. The van der Waals surface area contributed by atoms with Crippen LogP contribution in [0.25, 0.3) is 10.8 Å². The average Bonchev–Trinajstić information content (AvgIpc) is 3.06. The molecule has 0 aromatic heterocycles. The molecule has 0 bridgehead atoms. The molecule has 0 heterocycles. The number of hydrogen-bond acceptors (Lipinski definition) is 5. The third-order valence-corrected chi connectivity index (χ3v) is 7.90. The molecular weight excluding hydrogens is 540 g/mol. The second kappa shape index (κ2) is 13.5. The molecule has 218 valence electrons. The number of aryl methyl sites for hydroxylation is 1. The second-order valence-corrected chi connectivity index (χ2v) is 10.5. The van der Waals surface area contributed by atoms with E-state index in [0.717, 1.165) is 33.0 Å². The smallest absolute Gasteiger partial charge is 0.337 e. The lowest BCUT2D eigenvalue weighted by molar-refractivity contribution is -0.151. The van der Waals surface area contributed by atoms with Gasteiger partial charge in [0.1, 0.15) is 11.5 Å². The van der Waals surface area contributed by atoms with Crippen molar-refractivity contribution in [2.24, 2.45) is 5.92 Å². The number of hydrogen-bond donors (Lipinski definition) is 2. The van der Waals surface area contributed by atoms with Crippen LogP contribution in [0.5, 0.6) is 0 Å². The molecule has 6 heteroatoms. The van der Waals surface area contributed by atoms with Crippen molar-refractivity contribution in [3.63, 3.8) is 0 Å². The number of aliphatic carboxylic acids is 1. The quantitative estimate of drug-likeness (QED) is 0.128. The van der Waals surface area contributed by atoms with Gasteiger partial charge in [-0.25, -0.2) is 4.79 Å². The van der Waals surface area contributed by atoms with Crippen LogP contribution in [0.3, 0.4) is 0 Å². The van der Waals surface area contributed by atoms with E-state index in [1.165, 1.54) is 7.11 Å². The van der Waals surface area contributed by atoms with Crippen molar-refractivity contribution in [3.05, 3.63) is 155 Å². The first-order valence-corrected chi connectivity index (χ1v) is 14.3. The highest BCUT2D eigenvalue weighted by atomic mass is 16.5. The summed E-state index contributed by atoms with van der Waals surface area (Å²) in [5.41, 5.74) is 2.78. The molecule has 0 saturated carbocycles. The highest BCUT2D eigenvalue weighted by Crippen LogP contribution is 2.41. The van der Waals surface area contributed by atoms with Gasteiger partial charge in [0.05, 0.1) is 25.4 Å². The molecule has 0 fully saturated rings. The minimum absolute atomic E-state index is 0.191. The van der Waals surface area contributed by atoms with Crippen LogP contribution in [0.2, 0.25) is 0 Å². The summed E-state index contributed by atoms with van der Waals surface area (Å²) in [6, 6.07) is 40.3. The summed E-state index contributed by atoms with van der Waals surface area (Å²) in [5.74, 6) is -2.75. The van der Waals surface area contributed by atoms with E-state index in [2.05, 4.69) is 0 Å². The van der Waals surface area contributed by atoms with E-state index < -0.39 is 29.6 Å². The second-order valence-electron chi connectivity index (χ2n) is 10.5. The maximum Gasteiger partial charge on any atom is 0.337 e. The Morgan fingerprint density at radius 2 is 1.30 bits per heavy atom. The fourth-order valence-electron chi connectivity index (χ4n) is 5.64. The molecule has 0 amide bonds. The lowest BCUT2D eigenvalue weighted by Crippen LogP contribution is -2.39. The van der Waals surface area contributed by atoms with Crippen molar-refractivity contribution in [2.45, 2.75) is 24.5 Å². The van der Waals surface area contributed by atoms with Crippen molar-refractivity contribution >= 4 is 22.7 Å². The van der Waals surface area contributed by atoms with Crippen molar-refractivity contribution in [2.75, 3.05) is 13.7 Å². The summed E-state index contributed by atoms with van der Waals surface area (Å²) >= 11 is 0. The monoisotopic (exact) mass is 574 g/mol. The van der Waals surface area contributed by atoms with E-state index in [9.17, 15) is 19.8 Å². The summed E-state index contributed by atoms with van der Waals surface area (Å²) in [4.78, 5) is 24.7. The molecule has 0 aliphatic heterocycles. The van der Waals surface area contributed by atoms with Crippen LogP contribution in [0.1, 0.15) is 39.0 Å². The van der Waals surface area contributed by atoms with Crippen LogP contribution in [-0.2, 0) is 26.3 Å². The van der Waals surface area contributed by atoms with Gasteiger partial charge in [0.2, 0.25) is 0 Å². The van der Waals surface area contributed by atoms with E-state index in [0.29, 0.717) is 12.0 Å². The molecule has 5 rings (SSSR count). The zero-order chi connectivity index (χ0) is 30.2. The van der Waals surface area contributed by atoms with Crippen LogP contribution >= 0.6 is 0 Å². The zero-order valence-electron chi connectivity index (χ0n) is 23.9. The highest BCUT2D eigenvalue weighted by Gasteiger charge is 2.40. The van der Waals surface area contributed by atoms with E-state index in [1.807, 2.05) is 115 Å². The fourth-order valence-corrected chi connectivity index (χ4v) is 5.64. The van der Waals surface area contributed by atoms with Crippen molar-refractivity contribution in [1.82, 2.24) is 0 Å². The number of carbonyl (C=O) groups is 2. The summed E-state index contributed by atoms with van der Waals surface area (Å²) in [6.45, 7) is -0.225. The van der Waals surface area contributed by atoms with Crippen molar-refractivity contribution < 1.29 is 29.3 Å². The first kappa shape index (κ1) is 29.7. The lowest BCUT2D eigenvalue weighted by atomic mass is 9.80. The minimum Gasteiger partial charge on any atom is -0.481 e. The number of benzene rings is 5. The number of esters is 1. The number of carbonyl (C=O) groups excluding carboxylic acids is 1. The van der Waals surface area contributed by atoms with Gasteiger partial charge in [-0.2, -0.15) is 0 Å². The SMILES string of the molecule is COC(=O)c1ccc2cccc(CC[C@H](O)[C@@H](COC(c3ccccc3)(c3ccccc3)c3ccccc3)C(=O)O)c2c1. The molecule has 0 unspecified atom stereocenters. The van der Waals surface area contributed by atoms with Crippen LogP contribution < -0.4 is 0 Å². The summed E-state index contributed by atoms with van der Waals surface area (Å²) in [5, 5.41) is 23.3. The number of carboxylic acid groups (broad SMARTS) is 1. The molecule has 5 aromatic carbocycles. The first-order chi connectivity index (χ1) is 20.9. The first-order valence-electron chi connectivity index (χ1n) is 14.3. The average molecular weight is 575 g/mol. The Hall–Kier alpha value is -4.78. The molecule has 0 spiro atoms. The predicted octanol–water partition coefficient (Wildman–Crippen LogP) is 6.63. The molecule has 0 aliphatic carbocycles. The van der Waals surface area contributed by atoms with Crippen molar-refractivity contribution in [1.29, 1.82) is 0 Å². The Bertz CT molecular complexity index is 1570. The Balaban J connectivity index is 1.44. The molecule has 2 atom stereocenters. The Kier molecular flexibility index (Phi) is 9.30. The van der Waals surface area contributed by atoms with E-state index in [-0.39, 0.29) is 13.0 Å². The normalized spacial score (nSPS) is 12.9. The van der Waals surface area contributed by atoms with Gasteiger partial charge in [0, 0.05) is 0 Å². The third-order valence-electron chi connectivity index (χ3n) is 7.90. The van der Waals surface area contributed by atoms with Gasteiger partial charge in [-0.3, -0.25) is 4.79 Å². The maximum absolute atomic E-state index is 12.6. The third kappa shape index (κ3) is 6.36. The van der Waals surface area contributed by atoms with Crippen LogP contribution in [0.4, 0.5) is 0 Å². The molecule has 0 radical (unpaired) electrons. The number of aliphatic hydroxyl groups is 1. The van der Waals surface area contributed by atoms with E-state index in [1.54, 1.807) is 12.1 Å². The van der Waals surface area contributed by atoms with Gasteiger partial charge in [-0.1, -0.05) is 115 Å². The van der Waals surface area contributed by atoms with Gasteiger partial charge in [-0.15, -0.1) is 0 Å². The van der Waals surface area contributed by atoms with Crippen LogP contribution in [0, 0.1) is 5.92 Å². The lowest BCUT2D eigenvalue weighted by Gasteiger charge is -2.37. The van der Waals surface area contributed by atoms with E-state index >= 15 is 0 Å². The maximum atomic E-state index is 12.6. The topological polar surface area (TPSA) is 93.1 Å². The molecule has 2 N–H and O–H groups in total. The molecule has 5 aromatic rings. The summed E-state index contributed by atoms with van der Waals surface area (Å²) in [6.07, 6.45) is -0.582. The number of methoxy groups -OCH3 is 1. The Morgan fingerprint density at radius 1 is 0.744 bits per heavy atom. The minimum atomic E-state index is -1.18. The van der Waals surface area contributed by atoms with Crippen LogP contribution in [0.15, 0.2) is 127 Å². The number of carboxylic acids is 1. The van der Waals surface area contributed by atoms with Gasteiger partial charge >= 0.3 is 11.9 Å². The number of fused-ring (bicyclic) bond motifs is 1.